The fourth-order valence-corrected chi connectivity index (χ4v) is 3.41. The molecule has 5 nitrogen and oxygen atoms in total. The van der Waals surface area contributed by atoms with Gasteiger partial charge in [-0.05, 0) is 42.5 Å². The summed E-state index contributed by atoms with van der Waals surface area (Å²) in [5, 5.41) is 6.30. The van der Waals surface area contributed by atoms with Gasteiger partial charge in [0.2, 0.25) is 0 Å². The largest absolute Gasteiger partial charge is 0.416 e. The molecule has 0 radical (unpaired) electrons. The molecule has 3 N–H and O–H groups in total. The molecule has 3 aromatic carbocycles. The highest BCUT2D eigenvalue weighted by Crippen LogP contribution is 2.31. The lowest BCUT2D eigenvalue weighted by Gasteiger charge is -2.13. The second-order valence-electron chi connectivity index (χ2n) is 6.92. The Hall–Kier alpha value is -3.78. The van der Waals surface area contributed by atoms with E-state index >= 15 is 0 Å². The summed E-state index contributed by atoms with van der Waals surface area (Å²) in [6.45, 7) is 0. The first kappa shape index (κ1) is 21.5. The Morgan fingerprint density at radius 2 is 1.59 bits per heavy atom. The summed E-state index contributed by atoms with van der Waals surface area (Å²) in [6, 6.07) is 15.6. The third kappa shape index (κ3) is 4.45. The van der Waals surface area contributed by atoms with Crippen LogP contribution in [0.25, 0.3) is 10.9 Å². The summed E-state index contributed by atoms with van der Waals surface area (Å²) < 4.78 is 38.8. The van der Waals surface area contributed by atoms with Gasteiger partial charge in [-0.2, -0.15) is 13.2 Å². The third-order valence-corrected chi connectivity index (χ3v) is 4.99. The molecule has 4 aromatic rings. The number of hydrogen-bond donors (Lipinski definition) is 3. The average Bonchev–Trinajstić information content (AvgIpc) is 3.17. The number of nitrogens with one attached hydrogen (secondary N) is 3. The number of aromatic amines is 1. The number of halogens is 4. The molecule has 0 saturated carbocycles. The van der Waals surface area contributed by atoms with E-state index in [0.717, 1.165) is 12.1 Å². The lowest BCUT2D eigenvalue weighted by molar-refractivity contribution is -0.137. The van der Waals surface area contributed by atoms with Crippen LogP contribution in [0.1, 0.15) is 26.3 Å². The quantitative estimate of drug-likeness (QED) is 0.334. The van der Waals surface area contributed by atoms with Crippen molar-refractivity contribution in [3.05, 3.63) is 94.6 Å². The Balaban J connectivity index is 1.57. The molecule has 2 amide bonds. The summed E-state index contributed by atoms with van der Waals surface area (Å²) in [4.78, 5) is 28.6. The van der Waals surface area contributed by atoms with E-state index in [9.17, 15) is 22.8 Å². The van der Waals surface area contributed by atoms with Gasteiger partial charge in [-0.3, -0.25) is 9.59 Å². The number of alkyl halides is 3. The number of amides is 2. The molecule has 32 heavy (non-hydrogen) atoms. The number of fused-ring (bicyclic) bond motifs is 1. The molecule has 0 bridgehead atoms. The van der Waals surface area contributed by atoms with Crippen LogP contribution in [-0.4, -0.2) is 16.8 Å². The minimum absolute atomic E-state index is 0.0144. The number of anilines is 2. The molecular weight excluding hydrogens is 443 g/mol. The molecule has 0 spiro atoms. The summed E-state index contributed by atoms with van der Waals surface area (Å²) in [7, 11) is 0. The predicted octanol–water partition coefficient (Wildman–Crippen LogP) is 6.34. The number of rotatable bonds is 4. The number of H-pyrrole nitrogens is 1. The van der Waals surface area contributed by atoms with E-state index in [0.29, 0.717) is 21.5 Å². The summed E-state index contributed by atoms with van der Waals surface area (Å²) in [5.74, 6) is -1.12. The first-order valence-corrected chi connectivity index (χ1v) is 9.76. The molecule has 0 fully saturated rings. The normalized spacial score (nSPS) is 11.4. The standard InChI is InChI=1S/C23H15ClF3N3O2/c24-14-8-9-16-18(12-28-20(16)11-14)22(32)30-19-7-2-1-6-17(19)21(31)29-15-5-3-4-13(10-15)23(25,26)27/h1-12,28H,(H,29,31)(H,30,32). The number of carbonyl (C=O) groups excluding carboxylic acids is 2. The van der Waals surface area contributed by atoms with Gasteiger partial charge < -0.3 is 15.6 Å². The Bertz CT molecular complexity index is 1330. The van der Waals surface area contributed by atoms with Crippen molar-refractivity contribution >= 4 is 45.7 Å². The zero-order valence-corrected chi connectivity index (χ0v) is 17.0. The first-order valence-electron chi connectivity index (χ1n) is 9.38. The Labute approximate surface area is 185 Å². The van der Waals surface area contributed by atoms with Crippen molar-refractivity contribution in [1.29, 1.82) is 0 Å². The number of hydrogen-bond acceptors (Lipinski definition) is 2. The maximum Gasteiger partial charge on any atom is 0.416 e. The molecule has 1 heterocycles. The van der Waals surface area contributed by atoms with Crippen LogP contribution in [0.15, 0.2) is 72.9 Å². The van der Waals surface area contributed by atoms with Gasteiger partial charge in [-0.15, -0.1) is 0 Å². The second-order valence-corrected chi connectivity index (χ2v) is 7.36. The van der Waals surface area contributed by atoms with E-state index in [1.54, 1.807) is 30.3 Å². The highest BCUT2D eigenvalue weighted by Gasteiger charge is 2.30. The van der Waals surface area contributed by atoms with Crippen LogP contribution in [0.4, 0.5) is 24.5 Å². The van der Waals surface area contributed by atoms with Gasteiger partial charge in [-0.1, -0.05) is 35.9 Å². The minimum Gasteiger partial charge on any atom is -0.360 e. The van der Waals surface area contributed by atoms with Gasteiger partial charge in [-0.25, -0.2) is 0 Å². The van der Waals surface area contributed by atoms with E-state index < -0.39 is 23.6 Å². The van der Waals surface area contributed by atoms with Crippen LogP contribution in [0, 0.1) is 0 Å². The molecule has 9 heteroatoms. The van der Waals surface area contributed by atoms with Gasteiger partial charge in [0.25, 0.3) is 11.8 Å². The topological polar surface area (TPSA) is 74.0 Å². The first-order chi connectivity index (χ1) is 15.2. The van der Waals surface area contributed by atoms with Crippen molar-refractivity contribution in [2.45, 2.75) is 6.18 Å². The van der Waals surface area contributed by atoms with Crippen molar-refractivity contribution in [2.24, 2.45) is 0 Å². The molecule has 0 aliphatic heterocycles. The van der Waals surface area contributed by atoms with E-state index in [-0.39, 0.29) is 16.9 Å². The number of aromatic nitrogens is 1. The van der Waals surface area contributed by atoms with E-state index in [1.807, 2.05) is 0 Å². The molecule has 162 valence electrons. The van der Waals surface area contributed by atoms with Crippen LogP contribution in [0.2, 0.25) is 5.02 Å². The van der Waals surface area contributed by atoms with Crippen LogP contribution in [-0.2, 0) is 6.18 Å². The van der Waals surface area contributed by atoms with Crippen LogP contribution in [0.3, 0.4) is 0 Å². The fraction of sp³-hybridized carbons (Fsp3) is 0.0435. The van der Waals surface area contributed by atoms with Crippen molar-refractivity contribution < 1.29 is 22.8 Å². The Kier molecular flexibility index (Phi) is 5.63. The number of para-hydroxylation sites is 1. The summed E-state index contributed by atoms with van der Waals surface area (Å²) in [5.41, 5.74) is 0.449. The van der Waals surface area contributed by atoms with Crippen molar-refractivity contribution in [1.82, 2.24) is 4.98 Å². The number of carbonyl (C=O) groups is 2. The highest BCUT2D eigenvalue weighted by molar-refractivity contribution is 6.31. The monoisotopic (exact) mass is 457 g/mol. The molecule has 4 rings (SSSR count). The van der Waals surface area contributed by atoms with Gasteiger partial charge in [0.1, 0.15) is 0 Å². The fourth-order valence-electron chi connectivity index (χ4n) is 3.24. The Morgan fingerprint density at radius 1 is 0.844 bits per heavy atom. The zero-order chi connectivity index (χ0) is 22.9. The predicted molar refractivity (Wildman–Crippen MR) is 117 cm³/mol. The highest BCUT2D eigenvalue weighted by atomic mass is 35.5. The lowest BCUT2D eigenvalue weighted by atomic mass is 10.1. The smallest absolute Gasteiger partial charge is 0.360 e. The minimum atomic E-state index is -4.53. The molecule has 0 unspecified atom stereocenters. The van der Waals surface area contributed by atoms with Crippen LogP contribution >= 0.6 is 11.6 Å². The maximum atomic E-state index is 12.9. The Morgan fingerprint density at radius 3 is 2.38 bits per heavy atom. The van der Waals surface area contributed by atoms with E-state index in [2.05, 4.69) is 15.6 Å². The molecule has 0 saturated heterocycles. The SMILES string of the molecule is O=C(Nc1cccc(C(F)(F)F)c1)c1ccccc1NC(=O)c1c[nH]c2cc(Cl)ccc12. The molecule has 0 aliphatic carbocycles. The van der Waals surface area contributed by atoms with Crippen molar-refractivity contribution in [3.8, 4) is 0 Å². The van der Waals surface area contributed by atoms with Gasteiger partial charge in [0, 0.05) is 27.8 Å². The van der Waals surface area contributed by atoms with E-state index in [1.165, 1.54) is 30.5 Å². The summed E-state index contributed by atoms with van der Waals surface area (Å²) in [6.07, 6.45) is -3.00. The lowest BCUT2D eigenvalue weighted by Crippen LogP contribution is -2.18. The van der Waals surface area contributed by atoms with Crippen molar-refractivity contribution in [3.63, 3.8) is 0 Å². The van der Waals surface area contributed by atoms with E-state index in [4.69, 9.17) is 11.6 Å². The molecule has 0 atom stereocenters. The van der Waals surface area contributed by atoms with Gasteiger partial charge >= 0.3 is 6.18 Å². The van der Waals surface area contributed by atoms with Crippen molar-refractivity contribution in [2.75, 3.05) is 10.6 Å². The molecule has 1 aromatic heterocycles. The van der Waals surface area contributed by atoms with Crippen LogP contribution in [0.5, 0.6) is 0 Å². The third-order valence-electron chi connectivity index (χ3n) is 4.76. The maximum absolute atomic E-state index is 12.9. The molecule has 0 aliphatic rings. The average molecular weight is 458 g/mol. The zero-order valence-electron chi connectivity index (χ0n) is 16.3. The summed E-state index contributed by atoms with van der Waals surface area (Å²) >= 11 is 5.97. The van der Waals surface area contributed by atoms with Gasteiger partial charge in [0.05, 0.1) is 22.4 Å². The van der Waals surface area contributed by atoms with Gasteiger partial charge in [0.15, 0.2) is 0 Å². The second kappa shape index (κ2) is 8.39. The van der Waals surface area contributed by atoms with Crippen LogP contribution < -0.4 is 10.6 Å². The molecular formula is C23H15ClF3N3O2. The number of benzene rings is 3.